The highest BCUT2D eigenvalue weighted by Crippen LogP contribution is 2.34. The first kappa shape index (κ1) is 24.3. The first-order chi connectivity index (χ1) is 16.1. The van der Waals surface area contributed by atoms with Gasteiger partial charge in [0, 0.05) is 27.4 Å². The number of rotatable bonds is 6. The second-order valence-corrected chi connectivity index (χ2v) is 10.8. The van der Waals surface area contributed by atoms with E-state index in [4.69, 9.17) is 11.6 Å². The third-order valence-electron chi connectivity index (χ3n) is 5.74. The number of imidazole rings is 1. The summed E-state index contributed by atoms with van der Waals surface area (Å²) < 4.78 is 29.4. The zero-order chi connectivity index (χ0) is 24.6. The van der Waals surface area contributed by atoms with Crippen LogP contribution in [-0.4, -0.2) is 24.6 Å². The normalized spacial score (nSPS) is 12.7. The summed E-state index contributed by atoms with van der Waals surface area (Å²) in [6, 6.07) is 17.8. The van der Waals surface area contributed by atoms with Crippen LogP contribution in [0.5, 0.6) is 0 Å². The molecule has 4 nitrogen and oxygen atoms in total. The molecule has 34 heavy (non-hydrogen) atoms. The van der Waals surface area contributed by atoms with E-state index in [-0.39, 0.29) is 0 Å². The monoisotopic (exact) mass is 496 g/mol. The Balaban J connectivity index is 1.85. The predicted molar refractivity (Wildman–Crippen MR) is 136 cm³/mol. The molecule has 0 fully saturated rings. The van der Waals surface area contributed by atoms with Crippen LogP contribution in [0.3, 0.4) is 0 Å². The van der Waals surface area contributed by atoms with Crippen LogP contribution in [-0.2, 0) is 16.4 Å². The lowest BCUT2D eigenvalue weighted by Crippen LogP contribution is -2.15. The Labute approximate surface area is 206 Å². The van der Waals surface area contributed by atoms with Crippen LogP contribution in [0.25, 0.3) is 28.2 Å². The highest BCUT2D eigenvalue weighted by molar-refractivity contribution is 7.85. The maximum Gasteiger partial charge on any atom is 0.147 e. The molecule has 0 aliphatic carbocycles. The van der Waals surface area contributed by atoms with Gasteiger partial charge in [0.1, 0.15) is 17.2 Å². The number of hydrogen-bond acceptors (Lipinski definition) is 3. The highest BCUT2D eigenvalue weighted by Gasteiger charge is 2.25. The van der Waals surface area contributed by atoms with E-state index < -0.39 is 22.2 Å². The van der Waals surface area contributed by atoms with E-state index in [1.165, 1.54) is 6.07 Å². The van der Waals surface area contributed by atoms with Crippen molar-refractivity contribution in [3.63, 3.8) is 0 Å². The lowest BCUT2D eigenvalue weighted by atomic mass is 10.0. The molecule has 4 aromatic rings. The minimum atomic E-state index is -1.21. The maximum atomic E-state index is 15.5. The average molecular weight is 497 g/mol. The molecule has 0 aliphatic rings. The molecule has 1 unspecified atom stereocenters. The molecule has 0 radical (unpaired) electrons. The van der Waals surface area contributed by atoms with E-state index in [2.05, 4.69) is 4.98 Å². The molecule has 4 rings (SSSR count). The number of aromatic nitrogens is 2. The standard InChI is InChI=1S/C27H26ClFN2O2S/c1-5-34(33)20-9-6-8-18(14-20)19-12-13-24(23(29)15-19)31-16-25(27(3,4)32)30-26(31)21-10-7-11-22(28)17(21)2/h6-16,32H,5H2,1-4H3. The highest BCUT2D eigenvalue weighted by atomic mass is 35.5. The van der Waals surface area contributed by atoms with Crippen molar-refractivity contribution in [3.8, 4) is 28.2 Å². The van der Waals surface area contributed by atoms with Gasteiger partial charge in [-0.05, 0) is 67.8 Å². The third-order valence-corrected chi connectivity index (χ3v) is 7.45. The molecule has 0 saturated heterocycles. The molecule has 0 amide bonds. The molecule has 0 aliphatic heterocycles. The first-order valence-corrected chi connectivity index (χ1v) is 12.7. The fourth-order valence-corrected chi connectivity index (χ4v) is 4.76. The zero-order valence-electron chi connectivity index (χ0n) is 19.5. The van der Waals surface area contributed by atoms with E-state index >= 15 is 4.39 Å². The fourth-order valence-electron chi connectivity index (χ4n) is 3.76. The van der Waals surface area contributed by atoms with Gasteiger partial charge in [-0.1, -0.05) is 48.9 Å². The summed E-state index contributed by atoms with van der Waals surface area (Å²) in [6.45, 7) is 7.03. The number of aliphatic hydroxyl groups is 1. The van der Waals surface area contributed by atoms with Crippen LogP contribution >= 0.6 is 11.6 Å². The van der Waals surface area contributed by atoms with Gasteiger partial charge in [0.05, 0.1) is 22.2 Å². The molecule has 7 heteroatoms. The SMILES string of the molecule is CCS(=O)c1cccc(-c2ccc(-n3cc(C(C)(C)O)nc3-c3cccc(Cl)c3C)c(F)c2)c1. The topological polar surface area (TPSA) is 55.1 Å². The van der Waals surface area contributed by atoms with Gasteiger partial charge in [-0.25, -0.2) is 9.37 Å². The van der Waals surface area contributed by atoms with Crippen molar-refractivity contribution in [1.29, 1.82) is 0 Å². The summed E-state index contributed by atoms with van der Waals surface area (Å²) in [5.74, 6) is 0.566. The summed E-state index contributed by atoms with van der Waals surface area (Å²) in [4.78, 5) is 5.36. The minimum Gasteiger partial charge on any atom is -0.384 e. The van der Waals surface area contributed by atoms with E-state index in [9.17, 15) is 9.32 Å². The molecule has 176 valence electrons. The molecule has 3 aromatic carbocycles. The van der Waals surface area contributed by atoms with Gasteiger partial charge in [0.25, 0.3) is 0 Å². The van der Waals surface area contributed by atoms with Gasteiger partial charge in [-0.3, -0.25) is 8.78 Å². The van der Waals surface area contributed by atoms with Crippen molar-refractivity contribution in [2.24, 2.45) is 0 Å². The Morgan fingerprint density at radius 3 is 2.47 bits per heavy atom. The van der Waals surface area contributed by atoms with Crippen molar-refractivity contribution in [2.45, 2.75) is 38.2 Å². The number of halogens is 2. The molecule has 0 spiro atoms. The molecular weight excluding hydrogens is 471 g/mol. The van der Waals surface area contributed by atoms with Crippen LogP contribution in [0.2, 0.25) is 5.02 Å². The number of hydrogen-bond donors (Lipinski definition) is 1. The molecular formula is C27H26ClFN2O2S. The van der Waals surface area contributed by atoms with E-state index in [1.807, 2.05) is 56.3 Å². The minimum absolute atomic E-state index is 0.300. The van der Waals surface area contributed by atoms with Gasteiger partial charge >= 0.3 is 0 Å². The largest absolute Gasteiger partial charge is 0.384 e. The summed E-state index contributed by atoms with van der Waals surface area (Å²) in [5, 5.41) is 11.2. The van der Waals surface area contributed by atoms with E-state index in [1.54, 1.807) is 36.7 Å². The van der Waals surface area contributed by atoms with Crippen LogP contribution in [0.15, 0.2) is 71.8 Å². The van der Waals surface area contributed by atoms with Crippen LogP contribution in [0.4, 0.5) is 4.39 Å². The van der Waals surface area contributed by atoms with E-state index in [0.29, 0.717) is 38.4 Å². The van der Waals surface area contributed by atoms with Crippen molar-refractivity contribution in [2.75, 3.05) is 5.75 Å². The van der Waals surface area contributed by atoms with Crippen molar-refractivity contribution < 1.29 is 13.7 Å². The van der Waals surface area contributed by atoms with Crippen molar-refractivity contribution in [3.05, 3.63) is 89.0 Å². The Kier molecular flexibility index (Phi) is 6.76. The van der Waals surface area contributed by atoms with Gasteiger partial charge in [0.15, 0.2) is 0 Å². The predicted octanol–water partition coefficient (Wildman–Crippen LogP) is 6.66. The Hall–Kier alpha value is -2.80. The zero-order valence-corrected chi connectivity index (χ0v) is 21.0. The smallest absolute Gasteiger partial charge is 0.147 e. The second-order valence-electron chi connectivity index (χ2n) is 8.62. The van der Waals surface area contributed by atoms with Crippen molar-refractivity contribution in [1.82, 2.24) is 9.55 Å². The Bertz CT molecular complexity index is 1390. The van der Waals surface area contributed by atoms with Crippen molar-refractivity contribution >= 4 is 22.4 Å². The molecule has 1 atom stereocenters. The summed E-state index contributed by atoms with van der Waals surface area (Å²) >= 11 is 6.34. The summed E-state index contributed by atoms with van der Waals surface area (Å²) in [6.07, 6.45) is 1.65. The first-order valence-electron chi connectivity index (χ1n) is 11.0. The molecule has 0 saturated carbocycles. The third kappa shape index (κ3) is 4.71. The summed E-state index contributed by atoms with van der Waals surface area (Å²) in [7, 11) is -1.09. The van der Waals surface area contributed by atoms with Gasteiger partial charge in [-0.15, -0.1) is 0 Å². The quantitative estimate of drug-likeness (QED) is 0.324. The maximum absolute atomic E-state index is 15.5. The molecule has 1 aromatic heterocycles. The lowest BCUT2D eigenvalue weighted by Gasteiger charge is -2.13. The Morgan fingerprint density at radius 2 is 1.79 bits per heavy atom. The van der Waals surface area contributed by atoms with Crippen LogP contribution < -0.4 is 0 Å². The second kappa shape index (κ2) is 9.45. The van der Waals surface area contributed by atoms with E-state index in [0.717, 1.165) is 16.7 Å². The fraction of sp³-hybridized carbons (Fsp3) is 0.222. The summed E-state index contributed by atoms with van der Waals surface area (Å²) in [5.41, 5.74) is 2.54. The van der Waals surface area contributed by atoms with Crippen LogP contribution in [0, 0.1) is 12.7 Å². The molecule has 1 N–H and O–H groups in total. The molecule has 0 bridgehead atoms. The number of nitrogens with zero attached hydrogens (tertiary/aromatic N) is 2. The molecule has 1 heterocycles. The number of benzene rings is 3. The Morgan fingerprint density at radius 1 is 1.09 bits per heavy atom. The van der Waals surface area contributed by atoms with Gasteiger partial charge in [0.2, 0.25) is 0 Å². The lowest BCUT2D eigenvalue weighted by molar-refractivity contribution is 0.0743. The average Bonchev–Trinajstić information content (AvgIpc) is 3.26. The van der Waals surface area contributed by atoms with Crippen LogP contribution in [0.1, 0.15) is 32.0 Å². The van der Waals surface area contributed by atoms with Gasteiger partial charge in [-0.2, -0.15) is 0 Å². The van der Waals surface area contributed by atoms with Gasteiger partial charge < -0.3 is 5.11 Å².